The minimum Gasteiger partial charge on any atom is -0.305 e. The standard InChI is InChI=1S/C19H22N4/c1-13-5-6-16-15(11-13)7-10-23(16)14(2)20-18-12-17(21-22-18)19(3)8-4-9-19/h5-7,10-12H,4,8-9H2,1-3H3,(H,21,22). The van der Waals surface area contributed by atoms with E-state index in [1.165, 1.54) is 41.4 Å². The van der Waals surface area contributed by atoms with E-state index in [2.05, 4.69) is 65.1 Å². The Bertz CT molecular complexity index is 893. The van der Waals surface area contributed by atoms with Gasteiger partial charge in [0, 0.05) is 28.8 Å². The number of rotatable bonds is 2. The molecule has 1 aromatic carbocycles. The molecular formula is C19H22N4. The van der Waals surface area contributed by atoms with Crippen LogP contribution in [0.3, 0.4) is 0 Å². The van der Waals surface area contributed by atoms with Crippen molar-refractivity contribution in [2.75, 3.05) is 0 Å². The van der Waals surface area contributed by atoms with Gasteiger partial charge in [0.2, 0.25) is 0 Å². The van der Waals surface area contributed by atoms with Crippen LogP contribution >= 0.6 is 0 Å². The van der Waals surface area contributed by atoms with E-state index in [1.807, 2.05) is 6.92 Å². The number of aryl methyl sites for hydroxylation is 1. The first-order valence-electron chi connectivity index (χ1n) is 8.24. The summed E-state index contributed by atoms with van der Waals surface area (Å²) in [5, 5.41) is 8.80. The molecule has 4 rings (SSSR count). The molecule has 0 unspecified atom stereocenters. The van der Waals surface area contributed by atoms with E-state index < -0.39 is 0 Å². The Labute approximate surface area is 136 Å². The normalized spacial score (nSPS) is 17.4. The van der Waals surface area contributed by atoms with Gasteiger partial charge in [0.1, 0.15) is 5.84 Å². The largest absolute Gasteiger partial charge is 0.305 e. The van der Waals surface area contributed by atoms with Gasteiger partial charge in [-0.15, -0.1) is 0 Å². The average molecular weight is 306 g/mol. The fourth-order valence-electron chi connectivity index (χ4n) is 3.42. The molecule has 3 aromatic rings. The number of nitrogens with zero attached hydrogens (tertiary/aromatic N) is 3. The highest BCUT2D eigenvalue weighted by molar-refractivity contribution is 5.95. The predicted molar refractivity (Wildman–Crippen MR) is 94.6 cm³/mol. The lowest BCUT2D eigenvalue weighted by Gasteiger charge is -2.37. The van der Waals surface area contributed by atoms with E-state index in [1.54, 1.807) is 0 Å². The zero-order valence-electron chi connectivity index (χ0n) is 13.9. The summed E-state index contributed by atoms with van der Waals surface area (Å²) < 4.78 is 2.12. The van der Waals surface area contributed by atoms with Crippen LogP contribution in [0.1, 0.15) is 44.4 Å². The van der Waals surface area contributed by atoms with Crippen LogP contribution in [0.15, 0.2) is 41.5 Å². The van der Waals surface area contributed by atoms with Crippen molar-refractivity contribution in [3.63, 3.8) is 0 Å². The Morgan fingerprint density at radius 2 is 2.09 bits per heavy atom. The molecule has 1 aliphatic carbocycles. The Hall–Kier alpha value is -2.36. The highest BCUT2D eigenvalue weighted by Gasteiger charge is 2.35. The summed E-state index contributed by atoms with van der Waals surface area (Å²) >= 11 is 0. The van der Waals surface area contributed by atoms with E-state index in [4.69, 9.17) is 4.99 Å². The van der Waals surface area contributed by atoms with Gasteiger partial charge in [-0.05, 0) is 44.9 Å². The molecule has 0 bridgehead atoms. The third-order valence-electron chi connectivity index (χ3n) is 5.14. The second-order valence-corrected chi connectivity index (χ2v) is 6.96. The van der Waals surface area contributed by atoms with Crippen LogP contribution in [-0.2, 0) is 5.41 Å². The molecule has 0 aliphatic heterocycles. The molecule has 0 amide bonds. The van der Waals surface area contributed by atoms with Gasteiger partial charge in [0.25, 0.3) is 0 Å². The van der Waals surface area contributed by atoms with Crippen molar-refractivity contribution in [2.45, 2.75) is 45.4 Å². The molecule has 23 heavy (non-hydrogen) atoms. The van der Waals surface area contributed by atoms with Crippen molar-refractivity contribution in [3.8, 4) is 0 Å². The van der Waals surface area contributed by atoms with Gasteiger partial charge < -0.3 is 4.57 Å². The van der Waals surface area contributed by atoms with Crippen molar-refractivity contribution in [1.29, 1.82) is 0 Å². The molecular weight excluding hydrogens is 284 g/mol. The number of aromatic amines is 1. The number of fused-ring (bicyclic) bond motifs is 1. The smallest absolute Gasteiger partial charge is 0.175 e. The second kappa shape index (κ2) is 5.08. The van der Waals surface area contributed by atoms with Crippen molar-refractivity contribution in [3.05, 3.63) is 47.8 Å². The Morgan fingerprint density at radius 3 is 2.83 bits per heavy atom. The molecule has 4 nitrogen and oxygen atoms in total. The molecule has 0 atom stereocenters. The maximum Gasteiger partial charge on any atom is 0.175 e. The van der Waals surface area contributed by atoms with Gasteiger partial charge in [-0.25, -0.2) is 4.99 Å². The van der Waals surface area contributed by atoms with E-state index >= 15 is 0 Å². The highest BCUT2D eigenvalue weighted by Crippen LogP contribution is 2.42. The van der Waals surface area contributed by atoms with Crippen LogP contribution in [0.5, 0.6) is 0 Å². The predicted octanol–water partition coefficient (Wildman–Crippen LogP) is 4.71. The molecule has 1 aliphatic rings. The van der Waals surface area contributed by atoms with Crippen LogP contribution in [0, 0.1) is 6.92 Å². The fourth-order valence-corrected chi connectivity index (χ4v) is 3.42. The van der Waals surface area contributed by atoms with Gasteiger partial charge in [0.05, 0.1) is 5.52 Å². The molecule has 0 radical (unpaired) electrons. The number of aliphatic imine (C=N–C) groups is 1. The third-order valence-corrected chi connectivity index (χ3v) is 5.14. The van der Waals surface area contributed by atoms with Gasteiger partial charge in [-0.3, -0.25) is 5.10 Å². The van der Waals surface area contributed by atoms with Crippen LogP contribution in [0.2, 0.25) is 0 Å². The number of benzene rings is 1. The van der Waals surface area contributed by atoms with Gasteiger partial charge >= 0.3 is 0 Å². The van der Waals surface area contributed by atoms with Crippen molar-refractivity contribution in [2.24, 2.45) is 4.99 Å². The molecule has 1 fully saturated rings. The molecule has 2 heterocycles. The molecule has 1 N–H and O–H groups in total. The number of H-pyrrole nitrogens is 1. The van der Waals surface area contributed by atoms with Crippen LogP contribution < -0.4 is 0 Å². The highest BCUT2D eigenvalue weighted by atomic mass is 15.2. The zero-order chi connectivity index (χ0) is 16.0. The summed E-state index contributed by atoms with van der Waals surface area (Å²) in [6.45, 7) is 6.44. The molecule has 118 valence electrons. The van der Waals surface area contributed by atoms with Crippen LogP contribution in [0.4, 0.5) is 5.82 Å². The quantitative estimate of drug-likeness (QED) is 0.541. The molecule has 0 spiro atoms. The first kappa shape index (κ1) is 14.2. The molecule has 1 saturated carbocycles. The molecule has 0 saturated heterocycles. The first-order valence-corrected chi connectivity index (χ1v) is 8.24. The monoisotopic (exact) mass is 306 g/mol. The summed E-state index contributed by atoms with van der Waals surface area (Å²) in [7, 11) is 0. The Kier molecular flexibility index (Phi) is 3.15. The Morgan fingerprint density at radius 1 is 1.26 bits per heavy atom. The summed E-state index contributed by atoms with van der Waals surface area (Å²) in [6.07, 6.45) is 5.85. The lowest BCUT2D eigenvalue weighted by Crippen LogP contribution is -2.30. The summed E-state index contributed by atoms with van der Waals surface area (Å²) in [5.74, 6) is 1.69. The number of aromatic nitrogens is 3. The van der Waals surface area contributed by atoms with Gasteiger partial charge in [-0.1, -0.05) is 25.0 Å². The van der Waals surface area contributed by atoms with E-state index in [-0.39, 0.29) is 5.41 Å². The van der Waals surface area contributed by atoms with Gasteiger partial charge in [-0.2, -0.15) is 5.10 Å². The SMILES string of the molecule is CC(=Nc1cc(C2(C)CCC2)[nH]n1)n1ccc2cc(C)ccc21. The average Bonchev–Trinajstić information content (AvgIpc) is 3.11. The van der Waals surface area contributed by atoms with Crippen molar-refractivity contribution < 1.29 is 0 Å². The summed E-state index contributed by atoms with van der Waals surface area (Å²) in [5.41, 5.74) is 3.93. The lowest BCUT2D eigenvalue weighted by molar-refractivity contribution is 0.264. The van der Waals surface area contributed by atoms with Crippen LogP contribution in [-0.4, -0.2) is 20.6 Å². The fraction of sp³-hybridized carbons (Fsp3) is 0.368. The third kappa shape index (κ3) is 2.38. The van der Waals surface area contributed by atoms with Crippen LogP contribution in [0.25, 0.3) is 10.9 Å². The zero-order valence-corrected chi connectivity index (χ0v) is 13.9. The summed E-state index contributed by atoms with van der Waals surface area (Å²) in [6, 6.07) is 10.7. The van der Waals surface area contributed by atoms with E-state index in [0.29, 0.717) is 0 Å². The Balaban J connectivity index is 1.67. The number of hydrogen-bond donors (Lipinski definition) is 1. The molecule has 2 aromatic heterocycles. The minimum atomic E-state index is 0.270. The molecule has 4 heteroatoms. The van der Waals surface area contributed by atoms with E-state index in [9.17, 15) is 0 Å². The minimum absolute atomic E-state index is 0.270. The summed E-state index contributed by atoms with van der Waals surface area (Å²) in [4.78, 5) is 4.70. The van der Waals surface area contributed by atoms with Crippen molar-refractivity contribution >= 4 is 22.6 Å². The van der Waals surface area contributed by atoms with Crippen molar-refractivity contribution in [1.82, 2.24) is 14.8 Å². The topological polar surface area (TPSA) is 46.0 Å². The maximum absolute atomic E-state index is 4.70. The van der Waals surface area contributed by atoms with Gasteiger partial charge in [0.15, 0.2) is 5.82 Å². The first-order chi connectivity index (χ1) is 11.0. The number of nitrogens with one attached hydrogen (secondary N) is 1. The maximum atomic E-state index is 4.70. The second-order valence-electron chi connectivity index (χ2n) is 6.96. The lowest BCUT2D eigenvalue weighted by atomic mass is 9.68. The number of hydrogen-bond acceptors (Lipinski definition) is 2. The van der Waals surface area contributed by atoms with E-state index in [0.717, 1.165) is 11.7 Å².